The van der Waals surface area contributed by atoms with Gasteiger partial charge in [0.2, 0.25) is 0 Å². The van der Waals surface area contributed by atoms with Gasteiger partial charge in [-0.15, -0.1) is 5.10 Å². The normalized spacial score (nSPS) is 25.1. The van der Waals surface area contributed by atoms with Crippen LogP contribution in [0.25, 0.3) is 0 Å². The third kappa shape index (κ3) is 3.16. The highest BCUT2D eigenvalue weighted by atomic mass is 16.5. The van der Waals surface area contributed by atoms with Crippen LogP contribution in [0.1, 0.15) is 23.9 Å². The molecule has 0 amide bonds. The number of aromatic nitrogens is 5. The second kappa shape index (κ2) is 6.30. The van der Waals surface area contributed by atoms with Gasteiger partial charge in [0, 0.05) is 37.8 Å². The topological polar surface area (TPSA) is 135 Å². The number of H-pyrrole nitrogens is 1. The first kappa shape index (κ1) is 16.6. The molecule has 4 atom stereocenters. The standard InChI is InChI=1S/C14H19N5O5/c1-7-5-19(14(23)15-13(7)22)11-4-10(21)12(24-11)9(20)3-8-6-18(2)17-16-8/h5-6,9-12,20-21H,3-4H2,1-2H3,(H,15,22,23)/t9?,10-,11+,12+/m0/s1. The fourth-order valence-corrected chi connectivity index (χ4v) is 2.81. The van der Waals surface area contributed by atoms with Crippen molar-refractivity contribution in [3.05, 3.63) is 44.5 Å². The molecule has 0 spiro atoms. The largest absolute Gasteiger partial charge is 0.390 e. The number of nitrogens with zero attached hydrogens (tertiary/aromatic N) is 4. The molecule has 2 aromatic rings. The zero-order valence-corrected chi connectivity index (χ0v) is 13.3. The van der Waals surface area contributed by atoms with Crippen LogP contribution in [0.4, 0.5) is 0 Å². The number of ether oxygens (including phenoxy) is 1. The number of aryl methyl sites for hydroxylation is 2. The predicted octanol–water partition coefficient (Wildman–Crippen LogP) is -1.77. The van der Waals surface area contributed by atoms with Crippen LogP contribution in [0.3, 0.4) is 0 Å². The van der Waals surface area contributed by atoms with Crippen LogP contribution in [-0.2, 0) is 18.2 Å². The Bertz CT molecular complexity index is 841. The molecule has 10 heteroatoms. The van der Waals surface area contributed by atoms with Crippen molar-refractivity contribution < 1.29 is 14.9 Å². The highest BCUT2D eigenvalue weighted by molar-refractivity contribution is 5.03. The molecule has 3 rings (SSSR count). The summed E-state index contributed by atoms with van der Waals surface area (Å²) in [5.74, 6) is 0. The summed E-state index contributed by atoms with van der Waals surface area (Å²) in [5, 5.41) is 28.1. The van der Waals surface area contributed by atoms with Gasteiger partial charge >= 0.3 is 5.69 Å². The summed E-state index contributed by atoms with van der Waals surface area (Å²) in [7, 11) is 1.71. The zero-order valence-electron chi connectivity index (χ0n) is 13.3. The number of aliphatic hydroxyl groups is 2. The molecule has 24 heavy (non-hydrogen) atoms. The van der Waals surface area contributed by atoms with Gasteiger partial charge in [0.25, 0.3) is 5.56 Å². The SMILES string of the molecule is Cc1cn([C@H]2C[C@H](O)[C@@H](C(O)Cc3cn(C)nn3)O2)c(=O)[nH]c1=O. The van der Waals surface area contributed by atoms with Crippen LogP contribution in [0.15, 0.2) is 22.0 Å². The van der Waals surface area contributed by atoms with Crippen LogP contribution in [0, 0.1) is 6.92 Å². The maximum absolute atomic E-state index is 11.9. The van der Waals surface area contributed by atoms with Gasteiger partial charge in [-0.3, -0.25) is 19.0 Å². The van der Waals surface area contributed by atoms with Crippen molar-refractivity contribution >= 4 is 0 Å². The van der Waals surface area contributed by atoms with Crippen molar-refractivity contribution in [2.75, 3.05) is 0 Å². The van der Waals surface area contributed by atoms with Crippen molar-refractivity contribution in [2.45, 2.75) is 44.3 Å². The maximum Gasteiger partial charge on any atom is 0.330 e. The van der Waals surface area contributed by atoms with Gasteiger partial charge in [-0.2, -0.15) is 0 Å². The number of aliphatic hydroxyl groups excluding tert-OH is 2. The minimum atomic E-state index is -0.999. The Hall–Kier alpha value is -2.30. The molecule has 10 nitrogen and oxygen atoms in total. The lowest BCUT2D eigenvalue weighted by atomic mass is 10.0. The summed E-state index contributed by atoms with van der Waals surface area (Å²) in [6, 6.07) is 0. The van der Waals surface area contributed by atoms with E-state index in [4.69, 9.17) is 4.74 Å². The molecule has 1 saturated heterocycles. The number of nitrogens with one attached hydrogen (secondary N) is 1. The van der Waals surface area contributed by atoms with Crippen molar-refractivity contribution in [1.82, 2.24) is 24.5 Å². The Morgan fingerprint density at radius 2 is 2.21 bits per heavy atom. The molecule has 0 aliphatic carbocycles. The molecule has 3 N–H and O–H groups in total. The first-order valence-electron chi connectivity index (χ1n) is 7.54. The number of aromatic amines is 1. The van der Waals surface area contributed by atoms with Gasteiger partial charge in [-0.05, 0) is 6.92 Å². The summed E-state index contributed by atoms with van der Waals surface area (Å²) in [6.07, 6.45) is -0.216. The molecular weight excluding hydrogens is 318 g/mol. The highest BCUT2D eigenvalue weighted by Gasteiger charge is 2.40. The Kier molecular flexibility index (Phi) is 4.35. The summed E-state index contributed by atoms with van der Waals surface area (Å²) in [4.78, 5) is 25.5. The van der Waals surface area contributed by atoms with Crippen molar-refractivity contribution in [3.63, 3.8) is 0 Å². The van der Waals surface area contributed by atoms with Gasteiger partial charge in [-0.25, -0.2) is 4.79 Å². The quantitative estimate of drug-likeness (QED) is 0.600. The molecular formula is C14H19N5O5. The van der Waals surface area contributed by atoms with E-state index in [-0.39, 0.29) is 12.8 Å². The average molecular weight is 337 g/mol. The molecule has 1 unspecified atom stereocenters. The van der Waals surface area contributed by atoms with Crippen LogP contribution < -0.4 is 11.2 Å². The smallest absolute Gasteiger partial charge is 0.330 e. The lowest BCUT2D eigenvalue weighted by Crippen LogP contribution is -2.36. The van der Waals surface area contributed by atoms with E-state index in [9.17, 15) is 19.8 Å². The molecule has 1 fully saturated rings. The molecule has 0 aromatic carbocycles. The van der Waals surface area contributed by atoms with Crippen molar-refractivity contribution in [2.24, 2.45) is 7.05 Å². The fraction of sp³-hybridized carbons (Fsp3) is 0.571. The van der Waals surface area contributed by atoms with E-state index in [0.717, 1.165) is 0 Å². The third-order valence-corrected chi connectivity index (χ3v) is 4.04. The number of hydrogen-bond donors (Lipinski definition) is 3. The average Bonchev–Trinajstić information content (AvgIpc) is 3.09. The molecule has 0 bridgehead atoms. The number of hydrogen-bond acceptors (Lipinski definition) is 7. The molecule has 0 saturated carbocycles. The van der Waals surface area contributed by atoms with Gasteiger partial charge in [0.05, 0.1) is 17.9 Å². The molecule has 2 aromatic heterocycles. The minimum Gasteiger partial charge on any atom is -0.390 e. The van der Waals surface area contributed by atoms with Crippen LogP contribution in [0.2, 0.25) is 0 Å². The first-order valence-corrected chi connectivity index (χ1v) is 7.54. The minimum absolute atomic E-state index is 0.133. The van der Waals surface area contributed by atoms with Crippen molar-refractivity contribution in [1.29, 1.82) is 0 Å². The molecule has 3 heterocycles. The predicted molar refractivity (Wildman–Crippen MR) is 81.3 cm³/mol. The summed E-state index contributed by atoms with van der Waals surface area (Å²) < 4.78 is 8.39. The van der Waals surface area contributed by atoms with E-state index in [1.54, 1.807) is 20.2 Å². The second-order valence-corrected chi connectivity index (χ2v) is 5.99. The lowest BCUT2D eigenvalue weighted by Gasteiger charge is -2.20. The van der Waals surface area contributed by atoms with Crippen molar-refractivity contribution in [3.8, 4) is 0 Å². The highest BCUT2D eigenvalue weighted by Crippen LogP contribution is 2.30. The van der Waals surface area contributed by atoms with Crippen LogP contribution in [0.5, 0.6) is 0 Å². The summed E-state index contributed by atoms with van der Waals surface area (Å²) >= 11 is 0. The molecule has 130 valence electrons. The van der Waals surface area contributed by atoms with Gasteiger partial charge in [-0.1, -0.05) is 5.21 Å². The molecule has 0 radical (unpaired) electrons. The number of rotatable bonds is 4. The Morgan fingerprint density at radius 3 is 2.88 bits per heavy atom. The van der Waals surface area contributed by atoms with Gasteiger partial charge in [0.1, 0.15) is 12.3 Å². The maximum atomic E-state index is 11.9. The van der Waals surface area contributed by atoms with Crippen LogP contribution >= 0.6 is 0 Å². The zero-order chi connectivity index (χ0) is 17.4. The molecule has 1 aliphatic heterocycles. The molecule has 1 aliphatic rings. The Balaban J connectivity index is 1.76. The van der Waals surface area contributed by atoms with Crippen LogP contribution in [-0.4, -0.2) is 53.1 Å². The van der Waals surface area contributed by atoms with E-state index >= 15 is 0 Å². The Morgan fingerprint density at radius 1 is 1.46 bits per heavy atom. The van der Waals surface area contributed by atoms with E-state index < -0.39 is 35.8 Å². The summed E-state index contributed by atoms with van der Waals surface area (Å²) in [6.45, 7) is 1.57. The monoisotopic (exact) mass is 337 g/mol. The first-order chi connectivity index (χ1) is 11.3. The second-order valence-electron chi connectivity index (χ2n) is 5.99. The van der Waals surface area contributed by atoms with E-state index in [0.29, 0.717) is 11.3 Å². The summed E-state index contributed by atoms with van der Waals surface area (Å²) in [5.41, 5.74) is -0.154. The Labute approximate surface area is 136 Å². The van der Waals surface area contributed by atoms with E-state index in [1.807, 2.05) is 0 Å². The van der Waals surface area contributed by atoms with Gasteiger partial charge < -0.3 is 14.9 Å². The third-order valence-electron chi connectivity index (χ3n) is 4.04. The van der Waals surface area contributed by atoms with Gasteiger partial charge in [0.15, 0.2) is 0 Å². The fourth-order valence-electron chi connectivity index (χ4n) is 2.81. The van der Waals surface area contributed by atoms with E-state index in [2.05, 4.69) is 15.3 Å². The lowest BCUT2D eigenvalue weighted by molar-refractivity contribution is -0.0829. The van der Waals surface area contributed by atoms with E-state index in [1.165, 1.54) is 15.4 Å².